The van der Waals surface area contributed by atoms with Gasteiger partial charge in [-0.15, -0.1) is 11.8 Å². The lowest BCUT2D eigenvalue weighted by molar-refractivity contribution is -0.176. The maximum Gasteiger partial charge on any atom is 0.342 e. The van der Waals surface area contributed by atoms with Crippen LogP contribution in [-0.4, -0.2) is 122 Å². The maximum atomic E-state index is 13.2. The van der Waals surface area contributed by atoms with Crippen molar-refractivity contribution in [3.8, 4) is 11.5 Å². The fraction of sp³-hybridized carbons (Fsp3) is 0.588. The Morgan fingerprint density at radius 2 is 1.84 bits per heavy atom. The molecule has 14 nitrogen and oxygen atoms in total. The van der Waals surface area contributed by atoms with Crippen molar-refractivity contribution in [1.29, 1.82) is 0 Å². The van der Waals surface area contributed by atoms with E-state index < -0.39 is 53.5 Å². The van der Waals surface area contributed by atoms with Crippen molar-refractivity contribution in [1.82, 2.24) is 10.2 Å². The molecule has 3 heterocycles. The predicted molar refractivity (Wildman–Crippen MR) is 181 cm³/mol. The number of benzene rings is 1. The number of amides is 2. The summed E-state index contributed by atoms with van der Waals surface area (Å²) in [5, 5.41) is 58.3. The van der Waals surface area contributed by atoms with Gasteiger partial charge < -0.3 is 50.1 Å². The number of carbonyl (C=O) groups excluding carboxylic acids is 3. The van der Waals surface area contributed by atoms with Crippen LogP contribution in [0.2, 0.25) is 0 Å². The van der Waals surface area contributed by atoms with Gasteiger partial charge in [0.05, 0.1) is 36.3 Å². The summed E-state index contributed by atoms with van der Waals surface area (Å²) >= 11 is 1.01. The highest BCUT2D eigenvalue weighted by atomic mass is 32.2. The number of hydrogen-bond acceptors (Lipinski definition) is 13. The lowest BCUT2D eigenvalue weighted by atomic mass is 9.92. The fourth-order valence-electron chi connectivity index (χ4n) is 5.85. The van der Waals surface area contributed by atoms with Crippen molar-refractivity contribution in [2.45, 2.75) is 88.3 Å². The molecule has 3 aliphatic rings. The molecule has 6 N–H and O–H groups in total. The number of aliphatic hydroxyl groups excluding tert-OH is 3. The number of phenols is 2. The van der Waals surface area contributed by atoms with Crippen LogP contribution in [0.15, 0.2) is 41.6 Å². The van der Waals surface area contributed by atoms with Gasteiger partial charge in [0.2, 0.25) is 5.91 Å². The first-order valence-corrected chi connectivity index (χ1v) is 17.6. The number of rotatable bonds is 8. The van der Waals surface area contributed by atoms with Gasteiger partial charge >= 0.3 is 5.97 Å². The van der Waals surface area contributed by atoms with Gasteiger partial charge in [0.1, 0.15) is 34.7 Å². The van der Waals surface area contributed by atoms with Crippen LogP contribution in [0.1, 0.15) is 61.9 Å². The number of phenolic OH excluding ortho intramolecular Hbond substituents is 2. The number of allylic oxidation sites excluding steroid dienone is 1. The SMILES string of the molecule is C[C@@H]1C/C=C/[C@H](NC(=O)CS[C@@H]2OC(CO)[C@@H](C)[C@H](O)C2O)C/C=C/C(=N\OCC(=O)N2CCCCC2)Cc2cc(O)cc(O)c2C(=O)O1. The third-order valence-electron chi connectivity index (χ3n) is 8.65. The second kappa shape index (κ2) is 18.4. The number of ether oxygens (including phenoxy) is 2. The Morgan fingerprint density at radius 1 is 1.08 bits per heavy atom. The lowest BCUT2D eigenvalue weighted by Crippen LogP contribution is -2.53. The first kappa shape index (κ1) is 38.2. The van der Waals surface area contributed by atoms with Crippen molar-refractivity contribution >= 4 is 35.3 Å². The standard InChI is InChI=1S/C34H47N3O11S/c1-20-8-6-9-23(35-28(41)19-49-34-32(44)31(43)21(2)27(17-38)48-34)10-7-11-24(36-46-18-29(42)37-12-4-3-5-13-37)14-22-15-25(39)16-26(40)30(22)33(45)47-20/h6-7,9,11,15-16,20-21,23,27,31-32,34,38-40,43-44H,3-5,8,10,12-14,17-19H2,1-2H3,(H,35,41)/b9-6+,11-7+,36-24+/t20-,21-,23+,27?,31+,32?,34+/m1/s1. The average molecular weight is 706 g/mol. The molecule has 49 heavy (non-hydrogen) atoms. The fourth-order valence-corrected chi connectivity index (χ4v) is 6.83. The molecule has 2 amide bonds. The Balaban J connectivity index is 1.50. The van der Waals surface area contributed by atoms with E-state index in [2.05, 4.69) is 10.5 Å². The van der Waals surface area contributed by atoms with Crippen LogP contribution >= 0.6 is 11.8 Å². The highest BCUT2D eigenvalue weighted by Crippen LogP contribution is 2.32. The van der Waals surface area contributed by atoms with E-state index in [4.69, 9.17) is 14.3 Å². The molecule has 4 rings (SSSR count). The average Bonchev–Trinajstić information content (AvgIpc) is 3.06. The minimum Gasteiger partial charge on any atom is -0.508 e. The summed E-state index contributed by atoms with van der Waals surface area (Å²) in [6.45, 7) is 4.04. The third kappa shape index (κ3) is 10.9. The highest BCUT2D eigenvalue weighted by Gasteiger charge is 2.42. The zero-order chi connectivity index (χ0) is 35.5. The van der Waals surface area contributed by atoms with Gasteiger partial charge in [-0.05, 0) is 50.3 Å². The number of cyclic esters (lactones) is 1. The summed E-state index contributed by atoms with van der Waals surface area (Å²) < 4.78 is 11.3. The lowest BCUT2D eigenvalue weighted by Gasteiger charge is -2.40. The van der Waals surface area contributed by atoms with E-state index in [1.54, 1.807) is 43.1 Å². The van der Waals surface area contributed by atoms with Gasteiger partial charge in [0.15, 0.2) is 6.61 Å². The van der Waals surface area contributed by atoms with Crippen molar-refractivity contribution in [3.63, 3.8) is 0 Å². The van der Waals surface area contributed by atoms with Gasteiger partial charge in [-0.3, -0.25) is 9.59 Å². The van der Waals surface area contributed by atoms with E-state index in [0.29, 0.717) is 25.9 Å². The molecule has 2 fully saturated rings. The number of carbonyl (C=O) groups is 3. The molecule has 0 bridgehead atoms. The summed E-state index contributed by atoms with van der Waals surface area (Å²) in [4.78, 5) is 46.0. The molecule has 0 spiro atoms. The largest absolute Gasteiger partial charge is 0.508 e. The topological polar surface area (TPSA) is 208 Å². The number of esters is 1. The molecular formula is C34H47N3O11S. The Morgan fingerprint density at radius 3 is 2.57 bits per heavy atom. The molecule has 0 radical (unpaired) electrons. The number of thioether (sulfide) groups is 1. The predicted octanol–water partition coefficient (Wildman–Crippen LogP) is 1.77. The minimum atomic E-state index is -1.24. The zero-order valence-electron chi connectivity index (χ0n) is 27.8. The Labute approximate surface area is 289 Å². The minimum absolute atomic E-state index is 0.0678. The molecule has 0 aliphatic carbocycles. The number of aromatic hydroxyl groups is 2. The summed E-state index contributed by atoms with van der Waals surface area (Å²) in [6.07, 6.45) is 6.70. The monoisotopic (exact) mass is 705 g/mol. The number of likely N-dealkylation sites (tertiary alicyclic amines) is 1. The molecule has 2 unspecified atom stereocenters. The van der Waals surface area contributed by atoms with Crippen LogP contribution in [0.3, 0.4) is 0 Å². The van der Waals surface area contributed by atoms with Crippen molar-refractivity contribution in [2.75, 3.05) is 32.1 Å². The Bertz CT molecular complexity index is 1400. The number of oxime groups is 1. The van der Waals surface area contributed by atoms with Crippen LogP contribution in [0.4, 0.5) is 0 Å². The second-order valence-electron chi connectivity index (χ2n) is 12.5. The van der Waals surface area contributed by atoms with E-state index in [1.165, 1.54) is 6.07 Å². The van der Waals surface area contributed by atoms with Gasteiger partial charge in [-0.2, -0.15) is 0 Å². The molecule has 1 aromatic rings. The smallest absolute Gasteiger partial charge is 0.342 e. The number of fused-ring (bicyclic) bond motifs is 1. The molecule has 270 valence electrons. The number of piperidine rings is 1. The third-order valence-corrected chi connectivity index (χ3v) is 9.80. The van der Waals surface area contributed by atoms with Crippen molar-refractivity contribution in [2.24, 2.45) is 11.1 Å². The zero-order valence-corrected chi connectivity index (χ0v) is 28.6. The van der Waals surface area contributed by atoms with Gasteiger partial charge in [-0.1, -0.05) is 30.3 Å². The van der Waals surface area contributed by atoms with Crippen molar-refractivity contribution in [3.05, 3.63) is 47.6 Å². The van der Waals surface area contributed by atoms with E-state index in [0.717, 1.165) is 37.1 Å². The van der Waals surface area contributed by atoms with Gasteiger partial charge in [-0.25, -0.2) is 4.79 Å². The normalized spacial score (nSPS) is 30.4. The summed E-state index contributed by atoms with van der Waals surface area (Å²) in [5.41, 5.74) is -0.534. The first-order chi connectivity index (χ1) is 23.5. The summed E-state index contributed by atoms with van der Waals surface area (Å²) in [7, 11) is 0. The first-order valence-electron chi connectivity index (χ1n) is 16.6. The number of aliphatic hydroxyl groups is 3. The molecule has 15 heteroatoms. The van der Waals surface area contributed by atoms with E-state index in [9.17, 15) is 39.9 Å². The van der Waals surface area contributed by atoms with Crippen LogP contribution in [0.5, 0.6) is 11.5 Å². The molecule has 2 saturated heterocycles. The highest BCUT2D eigenvalue weighted by molar-refractivity contribution is 8.00. The van der Waals surface area contributed by atoms with Crippen LogP contribution in [0, 0.1) is 5.92 Å². The quantitative estimate of drug-likeness (QED) is 0.130. The summed E-state index contributed by atoms with van der Waals surface area (Å²) in [5.74, 6) is -2.67. The Kier molecular flexibility index (Phi) is 14.3. The summed E-state index contributed by atoms with van der Waals surface area (Å²) in [6, 6.07) is 1.87. The molecule has 0 saturated carbocycles. The molecule has 3 aliphatic heterocycles. The molecule has 0 aromatic heterocycles. The van der Waals surface area contributed by atoms with E-state index >= 15 is 0 Å². The number of hydrogen-bond donors (Lipinski definition) is 6. The van der Waals surface area contributed by atoms with Crippen LogP contribution < -0.4 is 5.32 Å². The van der Waals surface area contributed by atoms with Gasteiger partial charge in [0, 0.05) is 37.9 Å². The molecule has 1 aromatic carbocycles. The number of nitrogens with one attached hydrogen (secondary N) is 1. The Hall–Kier alpha value is -3.63. The van der Waals surface area contributed by atoms with Crippen LogP contribution in [-0.2, 0) is 30.3 Å². The van der Waals surface area contributed by atoms with E-state index in [1.807, 2.05) is 0 Å². The molecule has 7 atom stereocenters. The van der Waals surface area contributed by atoms with Gasteiger partial charge in [0.25, 0.3) is 5.91 Å². The second-order valence-corrected chi connectivity index (χ2v) is 13.6. The van der Waals surface area contributed by atoms with Crippen LogP contribution in [0.25, 0.3) is 0 Å². The maximum absolute atomic E-state index is 13.2. The van der Waals surface area contributed by atoms with Crippen molar-refractivity contribution < 1.29 is 54.2 Å². The van der Waals surface area contributed by atoms with E-state index in [-0.39, 0.29) is 59.8 Å². The number of nitrogens with zero attached hydrogens (tertiary/aromatic N) is 2. The molecular weight excluding hydrogens is 658 g/mol.